The van der Waals surface area contributed by atoms with E-state index >= 15 is 0 Å². The second kappa shape index (κ2) is 3.09. The number of hydrogen-bond acceptors (Lipinski definition) is 3. The molecule has 0 aliphatic carbocycles. The fraction of sp³-hybridized carbons (Fsp3) is 1.00. The van der Waals surface area contributed by atoms with E-state index in [2.05, 4.69) is 10.6 Å². The Kier molecular flexibility index (Phi) is 2.11. The summed E-state index contributed by atoms with van der Waals surface area (Å²) in [6, 6.07) is 0.425. The lowest BCUT2D eigenvalue weighted by Crippen LogP contribution is -2.60. The van der Waals surface area contributed by atoms with Gasteiger partial charge in [0.1, 0.15) is 0 Å². The largest absolute Gasteiger partial charge is 0.327 e. The Morgan fingerprint density at radius 2 is 1.91 bits per heavy atom. The molecule has 2 fully saturated rings. The third kappa shape index (κ3) is 1.41. The first-order chi connectivity index (χ1) is 5.38. The number of nitrogens with two attached hydrogens (primary N) is 1. The zero-order chi connectivity index (χ0) is 7.68. The summed E-state index contributed by atoms with van der Waals surface area (Å²) < 4.78 is 0. The molecule has 0 spiro atoms. The average molecular weight is 155 g/mol. The Morgan fingerprint density at radius 1 is 1.09 bits per heavy atom. The third-order valence-corrected chi connectivity index (χ3v) is 2.90. The summed E-state index contributed by atoms with van der Waals surface area (Å²) in [4.78, 5) is 0. The first kappa shape index (κ1) is 7.53. The van der Waals surface area contributed by atoms with Gasteiger partial charge in [0.05, 0.1) is 6.17 Å². The van der Waals surface area contributed by atoms with Crippen molar-refractivity contribution < 1.29 is 0 Å². The summed E-state index contributed by atoms with van der Waals surface area (Å²) in [5.41, 5.74) is 6.01. The summed E-state index contributed by atoms with van der Waals surface area (Å²) in [5, 5.41) is 6.92. The summed E-state index contributed by atoms with van der Waals surface area (Å²) in [7, 11) is 0. The van der Waals surface area contributed by atoms with Crippen LogP contribution < -0.4 is 16.4 Å². The first-order valence-electron chi connectivity index (χ1n) is 4.60. The predicted octanol–water partition coefficient (Wildman–Crippen LogP) is -0.367. The van der Waals surface area contributed by atoms with Gasteiger partial charge in [-0.15, -0.1) is 0 Å². The van der Waals surface area contributed by atoms with Crippen LogP contribution in [-0.4, -0.2) is 25.3 Å². The van der Waals surface area contributed by atoms with Gasteiger partial charge in [-0.25, -0.2) is 0 Å². The summed E-state index contributed by atoms with van der Waals surface area (Å²) in [5.74, 6) is 0.678. The Bertz CT molecular complexity index is 135. The number of fused-ring (bicyclic) bond motifs is 1. The smallest absolute Gasteiger partial charge is 0.0615 e. The zero-order valence-corrected chi connectivity index (χ0v) is 6.84. The van der Waals surface area contributed by atoms with Gasteiger partial charge in [0.15, 0.2) is 0 Å². The first-order valence-corrected chi connectivity index (χ1v) is 4.60. The molecule has 0 aromatic rings. The molecule has 11 heavy (non-hydrogen) atoms. The molecule has 0 radical (unpaired) electrons. The van der Waals surface area contributed by atoms with Crippen LogP contribution in [0.15, 0.2) is 0 Å². The van der Waals surface area contributed by atoms with Crippen molar-refractivity contribution >= 4 is 0 Å². The molecule has 3 unspecified atom stereocenters. The molecule has 2 saturated heterocycles. The van der Waals surface area contributed by atoms with Crippen LogP contribution in [0.2, 0.25) is 0 Å². The van der Waals surface area contributed by atoms with E-state index in [1.807, 2.05) is 0 Å². The second-order valence-electron chi connectivity index (χ2n) is 3.64. The number of hydrogen-bond donors (Lipinski definition) is 3. The van der Waals surface area contributed by atoms with E-state index in [9.17, 15) is 0 Å². The molecule has 2 aliphatic rings. The maximum Gasteiger partial charge on any atom is 0.0615 e. The van der Waals surface area contributed by atoms with E-state index in [0.29, 0.717) is 18.1 Å². The molecule has 0 saturated carbocycles. The summed E-state index contributed by atoms with van der Waals surface area (Å²) in [6.45, 7) is 2.23. The standard InChI is InChI=1S/C8H17N3/c9-7-3-5-11-8-6(7)2-1-4-10-8/h6-8,10-11H,1-5,9H2. The van der Waals surface area contributed by atoms with Gasteiger partial charge in [0.2, 0.25) is 0 Å². The van der Waals surface area contributed by atoms with Gasteiger partial charge >= 0.3 is 0 Å². The molecule has 64 valence electrons. The van der Waals surface area contributed by atoms with E-state index in [1.165, 1.54) is 12.8 Å². The van der Waals surface area contributed by atoms with Crippen molar-refractivity contribution in [2.75, 3.05) is 13.1 Å². The van der Waals surface area contributed by atoms with Crippen LogP contribution in [0.4, 0.5) is 0 Å². The molecule has 0 aromatic carbocycles. The normalized spacial score (nSPS) is 45.0. The molecule has 0 bridgehead atoms. The average Bonchev–Trinajstić information content (AvgIpc) is 2.06. The second-order valence-corrected chi connectivity index (χ2v) is 3.64. The molecule has 0 aromatic heterocycles. The highest BCUT2D eigenvalue weighted by Gasteiger charge is 2.32. The lowest BCUT2D eigenvalue weighted by atomic mass is 9.85. The van der Waals surface area contributed by atoms with Crippen molar-refractivity contribution in [1.29, 1.82) is 0 Å². The van der Waals surface area contributed by atoms with Crippen LogP contribution in [0.1, 0.15) is 19.3 Å². The maximum absolute atomic E-state index is 6.01. The molecule has 0 amide bonds. The van der Waals surface area contributed by atoms with Crippen molar-refractivity contribution in [3.63, 3.8) is 0 Å². The monoisotopic (exact) mass is 155 g/mol. The molecular formula is C8H17N3. The summed E-state index contributed by atoms with van der Waals surface area (Å²) >= 11 is 0. The van der Waals surface area contributed by atoms with Gasteiger partial charge in [-0.2, -0.15) is 0 Å². The highest BCUT2D eigenvalue weighted by atomic mass is 15.2. The molecule has 2 aliphatic heterocycles. The topological polar surface area (TPSA) is 50.1 Å². The van der Waals surface area contributed by atoms with E-state index in [-0.39, 0.29) is 0 Å². The lowest BCUT2D eigenvalue weighted by molar-refractivity contribution is 0.167. The molecule has 2 rings (SSSR count). The Balaban J connectivity index is 1.99. The van der Waals surface area contributed by atoms with Crippen LogP contribution in [0.3, 0.4) is 0 Å². The van der Waals surface area contributed by atoms with Crippen molar-refractivity contribution in [2.45, 2.75) is 31.5 Å². The van der Waals surface area contributed by atoms with Gasteiger partial charge in [0, 0.05) is 12.0 Å². The molecule has 3 heteroatoms. The highest BCUT2D eigenvalue weighted by Crippen LogP contribution is 2.22. The van der Waals surface area contributed by atoms with Crippen LogP contribution in [0.5, 0.6) is 0 Å². The Hall–Kier alpha value is -0.120. The molecule has 2 heterocycles. The van der Waals surface area contributed by atoms with Gasteiger partial charge in [-0.05, 0) is 32.4 Å². The van der Waals surface area contributed by atoms with Crippen LogP contribution >= 0.6 is 0 Å². The Labute approximate surface area is 67.7 Å². The number of piperidine rings is 2. The minimum atomic E-state index is 0.425. The van der Waals surface area contributed by atoms with Gasteiger partial charge in [-0.3, -0.25) is 0 Å². The fourth-order valence-electron chi connectivity index (χ4n) is 2.22. The minimum Gasteiger partial charge on any atom is -0.327 e. The molecular weight excluding hydrogens is 138 g/mol. The zero-order valence-electron chi connectivity index (χ0n) is 6.84. The Morgan fingerprint density at radius 3 is 2.73 bits per heavy atom. The fourth-order valence-corrected chi connectivity index (χ4v) is 2.22. The highest BCUT2D eigenvalue weighted by molar-refractivity contribution is 4.90. The van der Waals surface area contributed by atoms with E-state index < -0.39 is 0 Å². The SMILES string of the molecule is NC1CCNC2NCCCC12. The maximum atomic E-state index is 6.01. The van der Waals surface area contributed by atoms with Crippen LogP contribution in [-0.2, 0) is 0 Å². The predicted molar refractivity (Wildman–Crippen MR) is 45.1 cm³/mol. The van der Waals surface area contributed by atoms with E-state index in [0.717, 1.165) is 19.5 Å². The van der Waals surface area contributed by atoms with Crippen molar-refractivity contribution in [3.8, 4) is 0 Å². The van der Waals surface area contributed by atoms with Gasteiger partial charge in [0.25, 0.3) is 0 Å². The van der Waals surface area contributed by atoms with E-state index in [4.69, 9.17) is 5.73 Å². The number of nitrogens with one attached hydrogen (secondary N) is 2. The molecule has 3 atom stereocenters. The summed E-state index contributed by atoms with van der Waals surface area (Å²) in [6.07, 6.45) is 4.23. The molecule has 3 nitrogen and oxygen atoms in total. The minimum absolute atomic E-state index is 0.425. The quantitative estimate of drug-likeness (QED) is 0.447. The van der Waals surface area contributed by atoms with Crippen LogP contribution in [0.25, 0.3) is 0 Å². The van der Waals surface area contributed by atoms with Crippen molar-refractivity contribution in [2.24, 2.45) is 11.7 Å². The van der Waals surface area contributed by atoms with Crippen molar-refractivity contribution in [1.82, 2.24) is 10.6 Å². The lowest BCUT2D eigenvalue weighted by Gasteiger charge is -2.40. The van der Waals surface area contributed by atoms with Gasteiger partial charge in [-0.1, -0.05) is 0 Å². The van der Waals surface area contributed by atoms with Gasteiger partial charge < -0.3 is 16.4 Å². The van der Waals surface area contributed by atoms with Crippen molar-refractivity contribution in [3.05, 3.63) is 0 Å². The van der Waals surface area contributed by atoms with E-state index in [1.54, 1.807) is 0 Å². The molecule has 4 N–H and O–H groups in total. The third-order valence-electron chi connectivity index (χ3n) is 2.90. The van der Waals surface area contributed by atoms with Crippen LogP contribution in [0, 0.1) is 5.92 Å². The number of rotatable bonds is 0.